The second-order valence-electron chi connectivity index (χ2n) is 14.4. The topological polar surface area (TPSA) is 26.3 Å². The quantitative estimate of drug-likeness (QED) is 0.173. The molecule has 0 atom stereocenters. The van der Waals surface area contributed by atoms with Crippen molar-refractivity contribution in [1.82, 2.24) is 0 Å². The summed E-state index contributed by atoms with van der Waals surface area (Å²) >= 11 is 0. The second-order valence-corrected chi connectivity index (χ2v) is 14.4. The van der Waals surface area contributed by atoms with Gasteiger partial charge in [-0.3, -0.25) is 0 Å². The van der Waals surface area contributed by atoms with E-state index in [0.29, 0.717) is 0 Å². The van der Waals surface area contributed by atoms with E-state index in [2.05, 4.69) is 170 Å². The average molecular weight is 687 g/mol. The van der Waals surface area contributed by atoms with Gasteiger partial charge in [0.25, 0.3) is 0 Å². The van der Waals surface area contributed by atoms with Crippen molar-refractivity contribution >= 4 is 87.0 Å². The normalized spacial score (nSPS) is 12.1. The molecular weight excluding hydrogens is 657 g/mol. The molecule has 2 heterocycles. The zero-order valence-electron chi connectivity index (χ0n) is 29.1. The van der Waals surface area contributed by atoms with Crippen molar-refractivity contribution in [3.05, 3.63) is 182 Å². The smallest absolute Gasteiger partial charge is 0.143 e. The fourth-order valence-corrected chi connectivity index (χ4v) is 8.98. The number of rotatable bonds is 3. The van der Waals surface area contributed by atoms with Crippen LogP contribution in [0.5, 0.6) is 0 Å². The van der Waals surface area contributed by atoms with Crippen LogP contribution in [0.4, 0.5) is 0 Å². The highest BCUT2D eigenvalue weighted by atomic mass is 16.3. The van der Waals surface area contributed by atoms with Gasteiger partial charge in [0.1, 0.15) is 22.3 Å². The molecule has 2 nitrogen and oxygen atoms in total. The summed E-state index contributed by atoms with van der Waals surface area (Å²) in [6, 6.07) is 65.7. The van der Waals surface area contributed by atoms with E-state index in [4.69, 9.17) is 8.83 Å². The Balaban J connectivity index is 1.04. The Labute approximate surface area is 310 Å². The zero-order chi connectivity index (χ0) is 35.3. The SMILES string of the molecule is c1ccc(-c2c3ccccc3c(-c3ccc4cc(-c5cc6c7cc8oc9ccccc9c8cc7oc6c6ccccc56)ccc4c3)c3ccccc23)cc1. The Morgan fingerprint density at radius 1 is 0.259 bits per heavy atom. The van der Waals surface area contributed by atoms with Crippen molar-refractivity contribution in [2.45, 2.75) is 0 Å². The van der Waals surface area contributed by atoms with Crippen molar-refractivity contribution in [3.63, 3.8) is 0 Å². The molecule has 0 saturated heterocycles. The highest BCUT2D eigenvalue weighted by Gasteiger charge is 2.19. The van der Waals surface area contributed by atoms with Gasteiger partial charge in [-0.25, -0.2) is 0 Å². The van der Waals surface area contributed by atoms with E-state index >= 15 is 0 Å². The fourth-order valence-electron chi connectivity index (χ4n) is 8.98. The minimum atomic E-state index is 0.870. The lowest BCUT2D eigenvalue weighted by atomic mass is 9.85. The molecule has 12 rings (SSSR count). The van der Waals surface area contributed by atoms with Crippen molar-refractivity contribution in [3.8, 4) is 33.4 Å². The molecule has 0 spiro atoms. The van der Waals surface area contributed by atoms with Crippen LogP contribution in [0.15, 0.2) is 191 Å². The minimum absolute atomic E-state index is 0.870. The molecule has 0 aliphatic carbocycles. The summed E-state index contributed by atoms with van der Waals surface area (Å²) in [5, 5.41) is 14.1. The summed E-state index contributed by atoms with van der Waals surface area (Å²) in [5.41, 5.74) is 10.9. The molecular formula is C52H30O2. The number of furan rings is 2. The van der Waals surface area contributed by atoms with Crippen LogP contribution in [0.3, 0.4) is 0 Å². The van der Waals surface area contributed by atoms with Gasteiger partial charge in [0.15, 0.2) is 0 Å². The number of benzene rings is 10. The summed E-state index contributed by atoms with van der Waals surface area (Å²) in [5.74, 6) is 0. The summed E-state index contributed by atoms with van der Waals surface area (Å²) in [7, 11) is 0. The fraction of sp³-hybridized carbons (Fsp3) is 0. The Bertz CT molecular complexity index is 3430. The number of hydrogen-bond donors (Lipinski definition) is 0. The van der Waals surface area contributed by atoms with Crippen molar-refractivity contribution in [1.29, 1.82) is 0 Å². The van der Waals surface area contributed by atoms with E-state index in [0.717, 1.165) is 49.3 Å². The maximum atomic E-state index is 6.66. The standard InChI is InChI=1S/C52H30O2/c1-2-12-31(13-3-1)50-38-16-5-7-18-40(38)51(41-19-8-6-17-39(41)50)35-25-23-32-26-34(24-22-33(32)27-35)43-28-46-45-30-48-44(37-15-10-11-21-47(37)53-48)29-49(45)54-52(46)42-20-9-4-14-36(42)43/h1-30H. The summed E-state index contributed by atoms with van der Waals surface area (Å²) in [6.07, 6.45) is 0. The Hall–Kier alpha value is -7.16. The van der Waals surface area contributed by atoms with Crippen LogP contribution in [0.25, 0.3) is 120 Å². The lowest BCUT2D eigenvalue weighted by Gasteiger charge is -2.18. The van der Waals surface area contributed by atoms with Crippen LogP contribution < -0.4 is 0 Å². The molecule has 10 aromatic carbocycles. The largest absolute Gasteiger partial charge is 0.456 e. The highest BCUT2D eigenvalue weighted by molar-refractivity contribution is 6.23. The molecule has 0 aliphatic rings. The van der Waals surface area contributed by atoms with Crippen LogP contribution in [0, 0.1) is 0 Å². The molecule has 0 bridgehead atoms. The summed E-state index contributed by atoms with van der Waals surface area (Å²) < 4.78 is 13.0. The molecule has 0 amide bonds. The van der Waals surface area contributed by atoms with E-state index in [1.54, 1.807) is 0 Å². The second kappa shape index (κ2) is 11.2. The summed E-state index contributed by atoms with van der Waals surface area (Å²) in [6.45, 7) is 0. The molecule has 0 saturated carbocycles. The maximum Gasteiger partial charge on any atom is 0.143 e. The average Bonchev–Trinajstić information content (AvgIpc) is 3.79. The molecule has 54 heavy (non-hydrogen) atoms. The van der Waals surface area contributed by atoms with E-state index in [1.807, 2.05) is 12.1 Å². The van der Waals surface area contributed by atoms with Gasteiger partial charge in [-0.05, 0) is 107 Å². The lowest BCUT2D eigenvalue weighted by Crippen LogP contribution is -1.91. The lowest BCUT2D eigenvalue weighted by molar-refractivity contribution is 0.665. The van der Waals surface area contributed by atoms with Gasteiger partial charge in [0.05, 0.1) is 0 Å². The Kier molecular flexibility index (Phi) is 6.09. The van der Waals surface area contributed by atoms with Crippen LogP contribution >= 0.6 is 0 Å². The van der Waals surface area contributed by atoms with Crippen molar-refractivity contribution in [2.75, 3.05) is 0 Å². The van der Waals surface area contributed by atoms with Crippen LogP contribution in [0.1, 0.15) is 0 Å². The van der Waals surface area contributed by atoms with E-state index in [-0.39, 0.29) is 0 Å². The van der Waals surface area contributed by atoms with Gasteiger partial charge >= 0.3 is 0 Å². The molecule has 2 aromatic heterocycles. The van der Waals surface area contributed by atoms with Gasteiger partial charge in [0.2, 0.25) is 0 Å². The van der Waals surface area contributed by atoms with E-state index < -0.39 is 0 Å². The number of para-hydroxylation sites is 1. The highest BCUT2D eigenvalue weighted by Crippen LogP contribution is 2.45. The van der Waals surface area contributed by atoms with E-state index in [1.165, 1.54) is 71.1 Å². The van der Waals surface area contributed by atoms with Gasteiger partial charge in [-0.2, -0.15) is 0 Å². The van der Waals surface area contributed by atoms with Crippen LogP contribution in [0.2, 0.25) is 0 Å². The number of fused-ring (bicyclic) bond motifs is 11. The minimum Gasteiger partial charge on any atom is -0.456 e. The van der Waals surface area contributed by atoms with Gasteiger partial charge < -0.3 is 8.83 Å². The summed E-state index contributed by atoms with van der Waals surface area (Å²) in [4.78, 5) is 0. The third kappa shape index (κ3) is 4.22. The van der Waals surface area contributed by atoms with Crippen LogP contribution in [-0.2, 0) is 0 Å². The molecule has 0 radical (unpaired) electrons. The van der Waals surface area contributed by atoms with E-state index in [9.17, 15) is 0 Å². The molecule has 0 fully saturated rings. The third-order valence-electron chi connectivity index (χ3n) is 11.4. The Morgan fingerprint density at radius 3 is 1.44 bits per heavy atom. The number of hydrogen-bond acceptors (Lipinski definition) is 2. The first kappa shape index (κ1) is 29.4. The van der Waals surface area contributed by atoms with Gasteiger partial charge in [-0.1, -0.05) is 146 Å². The first-order valence-corrected chi connectivity index (χ1v) is 18.5. The zero-order valence-corrected chi connectivity index (χ0v) is 29.1. The third-order valence-corrected chi connectivity index (χ3v) is 11.4. The van der Waals surface area contributed by atoms with Gasteiger partial charge in [-0.15, -0.1) is 0 Å². The predicted octanol–water partition coefficient (Wildman–Crippen LogP) is 15.1. The van der Waals surface area contributed by atoms with Crippen molar-refractivity contribution in [2.24, 2.45) is 0 Å². The first-order valence-electron chi connectivity index (χ1n) is 18.5. The molecule has 0 unspecified atom stereocenters. The van der Waals surface area contributed by atoms with Crippen molar-refractivity contribution < 1.29 is 8.83 Å². The Morgan fingerprint density at radius 2 is 0.759 bits per heavy atom. The first-order chi connectivity index (χ1) is 26.8. The molecule has 2 heteroatoms. The molecule has 12 aromatic rings. The monoisotopic (exact) mass is 686 g/mol. The van der Waals surface area contributed by atoms with Crippen LogP contribution in [-0.4, -0.2) is 0 Å². The molecule has 0 aliphatic heterocycles. The molecule has 0 N–H and O–H groups in total. The predicted molar refractivity (Wildman–Crippen MR) is 227 cm³/mol. The van der Waals surface area contributed by atoms with Gasteiger partial charge in [0, 0.05) is 26.9 Å². The molecule has 250 valence electrons. The maximum absolute atomic E-state index is 6.66.